The summed E-state index contributed by atoms with van der Waals surface area (Å²) in [7, 11) is 0. The molecule has 0 atom stereocenters. The van der Waals surface area contributed by atoms with Gasteiger partial charge < -0.3 is 5.32 Å². The first-order valence-electron chi connectivity index (χ1n) is 5.38. The van der Waals surface area contributed by atoms with E-state index in [-0.39, 0.29) is 10.2 Å². The minimum Gasteiger partial charge on any atom is -0.311 e. The molecule has 1 heterocycles. The van der Waals surface area contributed by atoms with Crippen LogP contribution in [0.1, 0.15) is 12.6 Å². The molecule has 2 rings (SSSR count). The molecule has 96 valence electrons. The zero-order chi connectivity index (χ0) is 13.1. The van der Waals surface area contributed by atoms with Crippen molar-refractivity contribution in [3.63, 3.8) is 0 Å². The van der Waals surface area contributed by atoms with Crippen LogP contribution in [0, 0.1) is 11.6 Å². The molecule has 0 amide bonds. The van der Waals surface area contributed by atoms with Gasteiger partial charge in [-0.05, 0) is 28.5 Å². The largest absolute Gasteiger partial charge is 0.311 e. The zero-order valence-electron chi connectivity index (χ0n) is 9.62. The smallest absolute Gasteiger partial charge is 0.150 e. The average molecular weight is 317 g/mol. The van der Waals surface area contributed by atoms with Gasteiger partial charge in [-0.15, -0.1) is 5.10 Å². The lowest BCUT2D eigenvalue weighted by molar-refractivity contribution is 0.572. The lowest BCUT2D eigenvalue weighted by atomic mass is 10.3. The summed E-state index contributed by atoms with van der Waals surface area (Å²) in [6.45, 7) is 3.21. The van der Waals surface area contributed by atoms with Crippen LogP contribution in [0.5, 0.6) is 0 Å². The van der Waals surface area contributed by atoms with E-state index in [4.69, 9.17) is 0 Å². The molecule has 7 heteroatoms. The number of aromatic nitrogens is 3. The van der Waals surface area contributed by atoms with E-state index in [0.29, 0.717) is 12.2 Å². The number of nitrogens with zero attached hydrogens (tertiary/aromatic N) is 3. The Morgan fingerprint density at radius 3 is 2.83 bits per heavy atom. The van der Waals surface area contributed by atoms with Gasteiger partial charge in [0.25, 0.3) is 0 Å². The molecule has 0 bridgehead atoms. The van der Waals surface area contributed by atoms with Crippen molar-refractivity contribution in [1.29, 1.82) is 0 Å². The van der Waals surface area contributed by atoms with E-state index < -0.39 is 11.6 Å². The molecule has 0 aliphatic rings. The molecule has 1 aromatic heterocycles. The molecule has 4 nitrogen and oxygen atoms in total. The molecule has 0 saturated carbocycles. The lowest BCUT2D eigenvalue weighted by Crippen LogP contribution is -2.16. The number of benzene rings is 1. The van der Waals surface area contributed by atoms with E-state index in [1.807, 2.05) is 6.92 Å². The van der Waals surface area contributed by atoms with Crippen molar-refractivity contribution in [3.05, 3.63) is 40.1 Å². The van der Waals surface area contributed by atoms with Crippen molar-refractivity contribution >= 4 is 15.9 Å². The van der Waals surface area contributed by atoms with Crippen LogP contribution in [-0.4, -0.2) is 21.5 Å². The highest BCUT2D eigenvalue weighted by Crippen LogP contribution is 2.22. The Hall–Kier alpha value is -1.34. The van der Waals surface area contributed by atoms with Crippen LogP contribution < -0.4 is 5.32 Å². The predicted molar refractivity (Wildman–Crippen MR) is 66.4 cm³/mol. The first-order chi connectivity index (χ1) is 8.63. The summed E-state index contributed by atoms with van der Waals surface area (Å²) in [5.74, 6) is -1.11. The average Bonchev–Trinajstić information content (AvgIpc) is 2.79. The third kappa shape index (κ3) is 2.56. The number of hydrogen-bond donors (Lipinski definition) is 1. The van der Waals surface area contributed by atoms with E-state index in [9.17, 15) is 8.78 Å². The summed E-state index contributed by atoms with van der Waals surface area (Å²) in [4.78, 5) is 0. The molecular formula is C11H11BrF2N4. The van der Waals surface area contributed by atoms with Gasteiger partial charge >= 0.3 is 0 Å². The highest BCUT2D eigenvalue weighted by Gasteiger charge is 2.13. The molecule has 0 aliphatic heterocycles. The molecule has 0 fully saturated rings. The van der Waals surface area contributed by atoms with Gasteiger partial charge in [-0.2, -0.15) is 0 Å². The minimum atomic E-state index is -0.563. The fraction of sp³-hybridized carbons (Fsp3) is 0.273. The third-order valence-electron chi connectivity index (χ3n) is 2.39. The van der Waals surface area contributed by atoms with Crippen molar-refractivity contribution in [2.24, 2.45) is 0 Å². The highest BCUT2D eigenvalue weighted by atomic mass is 79.9. The van der Waals surface area contributed by atoms with Crippen molar-refractivity contribution in [1.82, 2.24) is 20.3 Å². The van der Waals surface area contributed by atoms with Gasteiger partial charge in [0, 0.05) is 12.6 Å². The summed E-state index contributed by atoms with van der Waals surface area (Å²) >= 11 is 2.93. The van der Waals surface area contributed by atoms with Crippen molar-refractivity contribution in [3.8, 4) is 5.69 Å². The van der Waals surface area contributed by atoms with Gasteiger partial charge in [-0.1, -0.05) is 12.1 Å². The standard InChI is InChI=1S/C11H11BrF2N4/c1-2-15-5-7-6-16-17-18(7)11-4-9(13)8(12)3-10(11)14/h3-4,6,15H,2,5H2,1H3. The first-order valence-corrected chi connectivity index (χ1v) is 6.18. The van der Waals surface area contributed by atoms with Crippen LogP contribution in [0.25, 0.3) is 5.69 Å². The first kappa shape index (κ1) is 13.1. The Bertz CT molecular complexity index is 556. The van der Waals surface area contributed by atoms with E-state index in [1.165, 1.54) is 10.9 Å². The second kappa shape index (κ2) is 5.53. The molecule has 0 saturated heterocycles. The van der Waals surface area contributed by atoms with Crippen LogP contribution in [0.3, 0.4) is 0 Å². The number of nitrogens with one attached hydrogen (secondary N) is 1. The van der Waals surface area contributed by atoms with Gasteiger partial charge in [0.2, 0.25) is 0 Å². The van der Waals surface area contributed by atoms with Crippen molar-refractivity contribution < 1.29 is 8.78 Å². The van der Waals surface area contributed by atoms with Gasteiger partial charge in [-0.25, -0.2) is 13.5 Å². The molecular weight excluding hydrogens is 306 g/mol. The second-order valence-electron chi connectivity index (χ2n) is 3.64. The maximum absolute atomic E-state index is 13.8. The zero-order valence-corrected chi connectivity index (χ0v) is 11.2. The predicted octanol–water partition coefficient (Wildman–Crippen LogP) is 2.42. The fourth-order valence-corrected chi connectivity index (χ4v) is 1.82. The van der Waals surface area contributed by atoms with Crippen molar-refractivity contribution in [2.75, 3.05) is 6.54 Å². The van der Waals surface area contributed by atoms with Crippen molar-refractivity contribution in [2.45, 2.75) is 13.5 Å². The van der Waals surface area contributed by atoms with E-state index in [2.05, 4.69) is 31.6 Å². The summed E-state index contributed by atoms with van der Waals surface area (Å²) in [6.07, 6.45) is 1.52. The summed E-state index contributed by atoms with van der Waals surface area (Å²) < 4.78 is 28.6. The number of hydrogen-bond acceptors (Lipinski definition) is 3. The van der Waals surface area contributed by atoms with Gasteiger partial charge in [-0.3, -0.25) is 0 Å². The maximum Gasteiger partial charge on any atom is 0.150 e. The topological polar surface area (TPSA) is 42.7 Å². The van der Waals surface area contributed by atoms with Crippen LogP contribution in [0.2, 0.25) is 0 Å². The lowest BCUT2D eigenvalue weighted by Gasteiger charge is -2.08. The van der Waals surface area contributed by atoms with Crippen LogP contribution >= 0.6 is 15.9 Å². The fourth-order valence-electron chi connectivity index (χ4n) is 1.51. The molecule has 18 heavy (non-hydrogen) atoms. The second-order valence-corrected chi connectivity index (χ2v) is 4.49. The van der Waals surface area contributed by atoms with Crippen LogP contribution in [0.4, 0.5) is 8.78 Å². The van der Waals surface area contributed by atoms with E-state index in [1.54, 1.807) is 0 Å². The van der Waals surface area contributed by atoms with E-state index in [0.717, 1.165) is 18.7 Å². The molecule has 2 aromatic rings. The Kier molecular flexibility index (Phi) is 4.03. The number of halogens is 3. The molecule has 0 unspecified atom stereocenters. The van der Waals surface area contributed by atoms with Crippen LogP contribution in [0.15, 0.2) is 22.8 Å². The van der Waals surface area contributed by atoms with E-state index >= 15 is 0 Å². The van der Waals surface area contributed by atoms with Gasteiger partial charge in [0.1, 0.15) is 17.3 Å². The minimum absolute atomic E-state index is 0.0427. The Morgan fingerprint density at radius 1 is 1.33 bits per heavy atom. The third-order valence-corrected chi connectivity index (χ3v) is 3.00. The molecule has 1 N–H and O–H groups in total. The summed E-state index contributed by atoms with van der Waals surface area (Å²) in [5.41, 5.74) is 0.707. The quantitative estimate of drug-likeness (QED) is 0.881. The Morgan fingerprint density at radius 2 is 2.11 bits per heavy atom. The molecule has 1 aromatic carbocycles. The summed E-state index contributed by atoms with van der Waals surface area (Å²) in [6, 6.07) is 2.16. The highest BCUT2D eigenvalue weighted by molar-refractivity contribution is 9.10. The SMILES string of the molecule is CCNCc1cnnn1-c1cc(F)c(Br)cc1F. The summed E-state index contributed by atoms with van der Waals surface area (Å²) in [5, 5.41) is 10.6. The van der Waals surface area contributed by atoms with Crippen LogP contribution in [-0.2, 0) is 6.54 Å². The van der Waals surface area contributed by atoms with Gasteiger partial charge in [0.15, 0.2) is 0 Å². The maximum atomic E-state index is 13.8. The monoisotopic (exact) mass is 316 g/mol. The molecule has 0 aliphatic carbocycles. The van der Waals surface area contributed by atoms with Gasteiger partial charge in [0.05, 0.1) is 16.4 Å². The Balaban J connectivity index is 2.42. The molecule has 0 radical (unpaired) electrons. The normalized spacial score (nSPS) is 10.9. The molecule has 0 spiro atoms. The Labute approximate surface area is 111 Å². The number of rotatable bonds is 4.